The van der Waals surface area contributed by atoms with Gasteiger partial charge in [-0.2, -0.15) is 0 Å². The quantitative estimate of drug-likeness (QED) is 0.336. The lowest BCUT2D eigenvalue weighted by Crippen LogP contribution is -2.31. The van der Waals surface area contributed by atoms with Gasteiger partial charge in [0.2, 0.25) is 0 Å². The monoisotopic (exact) mass is 450 g/mol. The van der Waals surface area contributed by atoms with Gasteiger partial charge in [-0.05, 0) is 46.9 Å². The third kappa shape index (κ3) is 12.4. The van der Waals surface area contributed by atoms with Crippen LogP contribution >= 0.6 is 0 Å². The molecule has 2 nitrogen and oxygen atoms in total. The third-order valence-corrected chi connectivity index (χ3v) is 8.78. The minimum Gasteiger partial charge on any atom is -0.415 e. The molecule has 0 saturated carbocycles. The van der Waals surface area contributed by atoms with Gasteiger partial charge >= 0.3 is 0 Å². The minimum absolute atomic E-state index is 0.422. The summed E-state index contributed by atoms with van der Waals surface area (Å²) in [5.41, 5.74) is 0. The number of hydrogen-bond acceptors (Lipinski definition) is 2. The second-order valence-corrected chi connectivity index (χ2v) is 13.5. The molecule has 1 aromatic rings. The first-order valence-corrected chi connectivity index (χ1v) is 15.1. The van der Waals surface area contributed by atoms with E-state index in [9.17, 15) is 0 Å². The maximum Gasteiger partial charge on any atom is 0.192 e. The molecule has 0 radical (unpaired) electrons. The fourth-order valence-corrected chi connectivity index (χ4v) is 6.58. The average molecular weight is 451 g/mol. The van der Waals surface area contributed by atoms with Crippen LogP contribution in [0.1, 0.15) is 93.9 Å². The average Bonchev–Trinajstić information content (AvgIpc) is 2.67. The normalized spacial score (nSPS) is 15.1. The van der Waals surface area contributed by atoms with Crippen LogP contribution in [0.25, 0.3) is 0 Å². The highest BCUT2D eigenvalue weighted by Crippen LogP contribution is 2.17. The maximum absolute atomic E-state index is 6.42. The van der Waals surface area contributed by atoms with Crippen molar-refractivity contribution < 1.29 is 8.85 Å². The number of hydrogen-bond donors (Lipinski definition) is 0. The highest BCUT2D eigenvalue weighted by Gasteiger charge is 2.15. The molecular weight excluding hydrogens is 400 g/mol. The lowest BCUT2D eigenvalue weighted by molar-refractivity contribution is 0.146. The molecule has 0 aliphatic heterocycles. The molecule has 0 aliphatic carbocycles. The van der Waals surface area contributed by atoms with E-state index in [0.717, 1.165) is 11.8 Å². The van der Waals surface area contributed by atoms with Gasteiger partial charge in [0.15, 0.2) is 19.5 Å². The van der Waals surface area contributed by atoms with E-state index in [1.807, 2.05) is 0 Å². The van der Waals surface area contributed by atoms with Crippen LogP contribution in [0, 0.1) is 23.7 Å². The minimum atomic E-state index is -0.652. The Morgan fingerprint density at radius 2 is 0.900 bits per heavy atom. The summed E-state index contributed by atoms with van der Waals surface area (Å²) in [6.07, 6.45) is 8.43. The largest absolute Gasteiger partial charge is 0.415 e. The molecule has 0 bridgehead atoms. The second-order valence-electron chi connectivity index (χ2n) is 10.7. The SMILES string of the molecule is CC(C)CCCC(O[SiH2]c1ccc([SiH2]OC(CCCC(C)C)C(C)C)cc1)C(C)C. The molecule has 0 aromatic heterocycles. The maximum atomic E-state index is 6.42. The van der Waals surface area contributed by atoms with E-state index in [1.54, 1.807) is 0 Å². The van der Waals surface area contributed by atoms with E-state index >= 15 is 0 Å². The summed E-state index contributed by atoms with van der Waals surface area (Å²) in [6.45, 7) is 18.4. The molecule has 2 unspecified atom stereocenters. The summed E-state index contributed by atoms with van der Waals surface area (Å²) in [7, 11) is -1.30. The molecule has 0 fully saturated rings. The smallest absolute Gasteiger partial charge is 0.192 e. The lowest BCUT2D eigenvalue weighted by atomic mass is 9.98. The van der Waals surface area contributed by atoms with E-state index in [2.05, 4.69) is 79.7 Å². The van der Waals surface area contributed by atoms with Crippen LogP contribution in [-0.2, 0) is 8.85 Å². The van der Waals surface area contributed by atoms with E-state index < -0.39 is 19.5 Å². The van der Waals surface area contributed by atoms with Crippen LogP contribution in [-0.4, -0.2) is 31.7 Å². The molecule has 0 N–H and O–H groups in total. The van der Waals surface area contributed by atoms with Crippen molar-refractivity contribution in [3.8, 4) is 0 Å². The van der Waals surface area contributed by atoms with Crippen LogP contribution in [0.15, 0.2) is 24.3 Å². The topological polar surface area (TPSA) is 18.5 Å². The molecule has 2 atom stereocenters. The van der Waals surface area contributed by atoms with Crippen molar-refractivity contribution in [2.24, 2.45) is 23.7 Å². The van der Waals surface area contributed by atoms with Gasteiger partial charge < -0.3 is 8.85 Å². The molecule has 4 heteroatoms. The zero-order valence-electron chi connectivity index (χ0n) is 21.2. The Kier molecular flexibility index (Phi) is 14.2. The lowest BCUT2D eigenvalue weighted by Gasteiger charge is -2.23. The number of benzene rings is 1. The van der Waals surface area contributed by atoms with Gasteiger partial charge in [0, 0.05) is 12.2 Å². The van der Waals surface area contributed by atoms with Gasteiger partial charge in [-0.25, -0.2) is 0 Å². The summed E-state index contributed by atoms with van der Waals surface area (Å²) >= 11 is 0. The van der Waals surface area contributed by atoms with Crippen LogP contribution in [0.4, 0.5) is 0 Å². The summed E-state index contributed by atoms with van der Waals surface area (Å²) in [6, 6.07) is 9.19. The molecule has 1 aromatic carbocycles. The van der Waals surface area contributed by atoms with Gasteiger partial charge in [0.25, 0.3) is 0 Å². The van der Waals surface area contributed by atoms with Crippen molar-refractivity contribution in [2.75, 3.05) is 0 Å². The van der Waals surface area contributed by atoms with Crippen LogP contribution in [0.3, 0.4) is 0 Å². The summed E-state index contributed by atoms with van der Waals surface area (Å²) < 4.78 is 12.8. The van der Waals surface area contributed by atoms with Crippen LogP contribution in [0.2, 0.25) is 0 Å². The molecule has 0 spiro atoms. The molecule has 0 saturated heterocycles. The van der Waals surface area contributed by atoms with Crippen LogP contribution in [0.5, 0.6) is 0 Å². The van der Waals surface area contributed by atoms with Crippen LogP contribution < -0.4 is 10.4 Å². The van der Waals surface area contributed by atoms with Crippen molar-refractivity contribution in [3.05, 3.63) is 24.3 Å². The first-order chi connectivity index (χ1) is 14.2. The Morgan fingerprint density at radius 3 is 1.17 bits per heavy atom. The predicted molar refractivity (Wildman–Crippen MR) is 140 cm³/mol. The Labute approximate surface area is 192 Å². The highest BCUT2D eigenvalue weighted by atomic mass is 28.2. The van der Waals surface area contributed by atoms with E-state index in [4.69, 9.17) is 8.85 Å². The fraction of sp³-hybridized carbons (Fsp3) is 0.769. The molecule has 1 rings (SSSR count). The zero-order chi connectivity index (χ0) is 22.5. The standard InChI is InChI=1S/C26H50O2Si2/c1-19(2)11-9-13-25(21(5)6)27-29-23-15-17-24(18-16-23)30-28-26(22(7)8)14-10-12-20(3)4/h15-22,25-26H,9-14,29-30H2,1-8H3. The Bertz CT molecular complexity index is 491. The fourth-order valence-electron chi connectivity index (χ4n) is 3.81. The second kappa shape index (κ2) is 15.4. The number of rotatable bonds is 16. The summed E-state index contributed by atoms with van der Waals surface area (Å²) in [5.74, 6) is 2.79. The highest BCUT2D eigenvalue weighted by molar-refractivity contribution is 6.49. The van der Waals surface area contributed by atoms with Gasteiger partial charge in [-0.3, -0.25) is 0 Å². The van der Waals surface area contributed by atoms with Gasteiger partial charge in [0.05, 0.1) is 0 Å². The van der Waals surface area contributed by atoms with E-state index in [1.165, 1.54) is 48.9 Å². The van der Waals surface area contributed by atoms with Crippen molar-refractivity contribution >= 4 is 29.9 Å². The van der Waals surface area contributed by atoms with E-state index in [-0.39, 0.29) is 0 Å². The van der Waals surface area contributed by atoms with Crippen molar-refractivity contribution in [1.82, 2.24) is 0 Å². The molecule has 174 valence electrons. The summed E-state index contributed by atoms with van der Waals surface area (Å²) in [4.78, 5) is 0. The molecular formula is C26H50O2Si2. The first kappa shape index (κ1) is 27.6. The van der Waals surface area contributed by atoms with Crippen molar-refractivity contribution in [2.45, 2.75) is 106 Å². The molecule has 0 aliphatic rings. The molecule has 30 heavy (non-hydrogen) atoms. The first-order valence-electron chi connectivity index (χ1n) is 12.5. The third-order valence-electron chi connectivity index (χ3n) is 5.98. The van der Waals surface area contributed by atoms with Gasteiger partial charge in [0.1, 0.15) is 0 Å². The van der Waals surface area contributed by atoms with Crippen molar-refractivity contribution in [1.29, 1.82) is 0 Å². The molecule has 0 amide bonds. The van der Waals surface area contributed by atoms with Gasteiger partial charge in [-0.1, -0.05) is 105 Å². The Morgan fingerprint density at radius 1 is 0.567 bits per heavy atom. The van der Waals surface area contributed by atoms with E-state index in [0.29, 0.717) is 24.0 Å². The van der Waals surface area contributed by atoms with Gasteiger partial charge in [-0.15, -0.1) is 0 Å². The Hall–Kier alpha value is -0.426. The Balaban J connectivity index is 2.45. The van der Waals surface area contributed by atoms with Crippen molar-refractivity contribution in [3.63, 3.8) is 0 Å². The predicted octanol–water partition coefficient (Wildman–Crippen LogP) is 4.84. The molecule has 0 heterocycles. The summed E-state index contributed by atoms with van der Waals surface area (Å²) in [5, 5.41) is 2.83. The zero-order valence-corrected chi connectivity index (χ0v) is 24.1.